The van der Waals surface area contributed by atoms with Gasteiger partial charge in [0, 0.05) is 18.4 Å². The summed E-state index contributed by atoms with van der Waals surface area (Å²) >= 11 is 0. The minimum atomic E-state index is -0.890. The van der Waals surface area contributed by atoms with Crippen molar-refractivity contribution in [1.29, 1.82) is 0 Å². The quantitative estimate of drug-likeness (QED) is 0.633. The first-order valence-electron chi connectivity index (χ1n) is 11.6. The predicted molar refractivity (Wildman–Crippen MR) is 127 cm³/mol. The molecule has 0 aromatic heterocycles. The van der Waals surface area contributed by atoms with Gasteiger partial charge in [0.05, 0.1) is 23.6 Å². The van der Waals surface area contributed by atoms with Crippen molar-refractivity contribution < 1.29 is 29.0 Å². The van der Waals surface area contributed by atoms with Crippen LogP contribution >= 0.6 is 0 Å². The normalized spacial score (nSPS) is 25.6. The van der Waals surface area contributed by atoms with Crippen molar-refractivity contribution in [3.63, 3.8) is 0 Å². The van der Waals surface area contributed by atoms with E-state index in [1.54, 1.807) is 43.1 Å². The van der Waals surface area contributed by atoms with Gasteiger partial charge in [-0.3, -0.25) is 14.4 Å². The second-order valence-electron chi connectivity index (χ2n) is 9.17. The molecular formula is C26H27N3O6. The lowest BCUT2D eigenvalue weighted by Gasteiger charge is -2.34. The Hall–Kier alpha value is -3.85. The van der Waals surface area contributed by atoms with Crippen LogP contribution in [0.3, 0.4) is 0 Å². The fourth-order valence-corrected chi connectivity index (χ4v) is 5.31. The number of hydrogen-bond donors (Lipinski definition) is 2. The molecule has 182 valence electrons. The molecule has 0 bridgehead atoms. The lowest BCUT2D eigenvalue weighted by molar-refractivity contribution is -0.129. The van der Waals surface area contributed by atoms with Crippen molar-refractivity contribution in [2.24, 2.45) is 17.6 Å². The van der Waals surface area contributed by atoms with Crippen molar-refractivity contribution in [3.05, 3.63) is 59.8 Å². The Morgan fingerprint density at radius 2 is 1.69 bits per heavy atom. The van der Waals surface area contributed by atoms with E-state index in [2.05, 4.69) is 0 Å². The van der Waals surface area contributed by atoms with Gasteiger partial charge in [0.15, 0.2) is 11.5 Å². The third-order valence-corrected chi connectivity index (χ3v) is 6.54. The van der Waals surface area contributed by atoms with Crippen LogP contribution in [0.5, 0.6) is 11.5 Å². The number of rotatable bonds is 2. The number of nitrogens with two attached hydrogens (primary N) is 1. The summed E-state index contributed by atoms with van der Waals surface area (Å²) in [7, 11) is 0. The maximum Gasteiger partial charge on any atom is 0.240 e. The predicted octanol–water partition coefficient (Wildman–Crippen LogP) is 1.85. The highest BCUT2D eigenvalue weighted by Gasteiger charge is 2.64. The highest BCUT2D eigenvalue weighted by atomic mass is 16.6. The number of hydrogen-bond acceptors (Lipinski definition) is 7. The number of carbonyl (C=O) groups excluding carboxylic acids is 3. The van der Waals surface area contributed by atoms with Crippen LogP contribution < -0.4 is 20.1 Å². The topological polar surface area (TPSA) is 122 Å². The molecule has 3 amide bonds. The Bertz CT molecular complexity index is 1220. The molecular weight excluding hydrogens is 450 g/mol. The third kappa shape index (κ3) is 3.72. The molecule has 4 aliphatic rings. The number of primary amides is 1. The molecule has 9 nitrogen and oxygen atoms in total. The Kier molecular flexibility index (Phi) is 5.72. The van der Waals surface area contributed by atoms with Crippen LogP contribution in [0.1, 0.15) is 31.0 Å². The molecule has 4 aliphatic heterocycles. The fourth-order valence-electron chi connectivity index (χ4n) is 5.31. The molecule has 4 heterocycles. The standard InChI is InChI=1S/C23H19N3O5.C3H8O/c24-21(27)20-18-17(19-14-4-2-1-3-12(14)7-8-25(19)20)22(28)26(23(18)29)13-5-6-15-16(11-13)31-10-9-30-15;1-3(2)4/h1-8,11,17-20H,9-10H2,(H2,24,27);3-4H,1-2H3. The third-order valence-electron chi connectivity index (χ3n) is 6.54. The molecule has 2 aromatic carbocycles. The second-order valence-corrected chi connectivity index (χ2v) is 9.17. The average Bonchev–Trinajstić information content (AvgIpc) is 3.31. The first kappa shape index (κ1) is 22.9. The smallest absolute Gasteiger partial charge is 0.240 e. The Morgan fingerprint density at radius 3 is 2.40 bits per heavy atom. The van der Waals surface area contributed by atoms with E-state index >= 15 is 0 Å². The minimum Gasteiger partial charge on any atom is -0.486 e. The SMILES string of the molecule is CC(C)O.NC(=O)C1C2C(=O)N(c3ccc4c(c3)OCCO4)C(=O)C2C2c3ccccc3C=CN12. The summed E-state index contributed by atoms with van der Waals surface area (Å²) in [6, 6.07) is 11.4. The molecule has 4 atom stereocenters. The van der Waals surface area contributed by atoms with Crippen LogP contribution in [0, 0.1) is 11.8 Å². The summed E-state index contributed by atoms with van der Waals surface area (Å²) in [5.41, 5.74) is 8.01. The number of benzene rings is 2. The van der Waals surface area contributed by atoms with E-state index in [-0.39, 0.29) is 12.0 Å². The number of fused-ring (bicyclic) bond motifs is 6. The van der Waals surface area contributed by atoms with Crippen LogP contribution in [0.25, 0.3) is 6.08 Å². The molecule has 3 N–H and O–H groups in total. The summed E-state index contributed by atoms with van der Waals surface area (Å²) in [5, 5.41) is 8.06. The number of aliphatic hydroxyl groups is 1. The first-order chi connectivity index (χ1) is 16.8. The zero-order chi connectivity index (χ0) is 24.9. The van der Waals surface area contributed by atoms with E-state index in [1.165, 1.54) is 4.90 Å². The molecule has 0 spiro atoms. The van der Waals surface area contributed by atoms with Gasteiger partial charge in [-0.1, -0.05) is 24.3 Å². The lowest BCUT2D eigenvalue weighted by atomic mass is 9.84. The van der Waals surface area contributed by atoms with Gasteiger partial charge < -0.3 is 25.2 Å². The second kappa shape index (κ2) is 8.74. The summed E-state index contributed by atoms with van der Waals surface area (Å²) < 4.78 is 11.2. The van der Waals surface area contributed by atoms with Gasteiger partial charge in [0.25, 0.3) is 0 Å². The van der Waals surface area contributed by atoms with Gasteiger partial charge in [-0.2, -0.15) is 0 Å². The number of amides is 3. The van der Waals surface area contributed by atoms with Crippen LogP contribution in [-0.2, 0) is 14.4 Å². The molecule has 4 unspecified atom stereocenters. The van der Waals surface area contributed by atoms with Crippen LogP contribution in [-0.4, -0.2) is 53.1 Å². The molecule has 2 fully saturated rings. The van der Waals surface area contributed by atoms with E-state index in [4.69, 9.17) is 20.3 Å². The summed E-state index contributed by atoms with van der Waals surface area (Å²) in [6.07, 6.45) is 3.49. The van der Waals surface area contributed by atoms with Crippen molar-refractivity contribution >= 4 is 29.5 Å². The molecule has 2 aromatic rings. The molecule has 0 radical (unpaired) electrons. The maximum absolute atomic E-state index is 13.6. The summed E-state index contributed by atoms with van der Waals surface area (Å²) in [5.74, 6) is -1.87. The number of aliphatic hydroxyl groups excluding tert-OH is 1. The monoisotopic (exact) mass is 477 g/mol. The summed E-state index contributed by atoms with van der Waals surface area (Å²) in [6.45, 7) is 4.29. The van der Waals surface area contributed by atoms with Crippen molar-refractivity contribution in [2.75, 3.05) is 18.1 Å². The zero-order valence-electron chi connectivity index (χ0n) is 19.5. The van der Waals surface area contributed by atoms with E-state index in [0.717, 1.165) is 11.1 Å². The van der Waals surface area contributed by atoms with Gasteiger partial charge in [-0.05, 0) is 43.2 Å². The summed E-state index contributed by atoms with van der Waals surface area (Å²) in [4.78, 5) is 42.5. The van der Waals surface area contributed by atoms with Gasteiger partial charge in [0.1, 0.15) is 19.3 Å². The molecule has 6 rings (SSSR count). The van der Waals surface area contributed by atoms with Crippen molar-refractivity contribution in [3.8, 4) is 11.5 Å². The highest BCUT2D eigenvalue weighted by molar-refractivity contribution is 6.24. The van der Waals surface area contributed by atoms with Crippen LogP contribution in [0.4, 0.5) is 5.69 Å². The van der Waals surface area contributed by atoms with Gasteiger partial charge >= 0.3 is 0 Å². The molecule has 9 heteroatoms. The van der Waals surface area contributed by atoms with Gasteiger partial charge in [-0.15, -0.1) is 0 Å². The first-order valence-corrected chi connectivity index (χ1v) is 11.6. The van der Waals surface area contributed by atoms with E-state index in [9.17, 15) is 14.4 Å². The average molecular weight is 478 g/mol. The minimum absolute atomic E-state index is 0.167. The molecule has 0 aliphatic carbocycles. The number of nitrogens with zero attached hydrogens (tertiary/aromatic N) is 2. The van der Waals surface area contributed by atoms with E-state index < -0.39 is 35.7 Å². The number of ether oxygens (including phenoxy) is 2. The number of imide groups is 1. The van der Waals surface area contributed by atoms with E-state index in [1.807, 2.05) is 30.3 Å². The Morgan fingerprint density at radius 1 is 1.03 bits per heavy atom. The Balaban J connectivity index is 0.000000591. The van der Waals surface area contributed by atoms with Crippen molar-refractivity contribution in [2.45, 2.75) is 32.0 Å². The van der Waals surface area contributed by atoms with Gasteiger partial charge in [0.2, 0.25) is 17.7 Å². The molecule has 35 heavy (non-hydrogen) atoms. The molecule has 2 saturated heterocycles. The van der Waals surface area contributed by atoms with Crippen molar-refractivity contribution in [1.82, 2.24) is 4.90 Å². The number of carbonyl (C=O) groups is 3. The largest absolute Gasteiger partial charge is 0.486 e. The maximum atomic E-state index is 13.6. The fraction of sp³-hybridized carbons (Fsp3) is 0.346. The zero-order valence-corrected chi connectivity index (χ0v) is 19.5. The lowest BCUT2D eigenvalue weighted by Crippen LogP contribution is -2.46. The number of anilines is 1. The van der Waals surface area contributed by atoms with Crippen LogP contribution in [0.2, 0.25) is 0 Å². The van der Waals surface area contributed by atoms with Crippen LogP contribution in [0.15, 0.2) is 48.7 Å². The highest BCUT2D eigenvalue weighted by Crippen LogP contribution is 2.53. The van der Waals surface area contributed by atoms with E-state index in [0.29, 0.717) is 30.4 Å². The Labute approximate surface area is 202 Å². The van der Waals surface area contributed by atoms with Gasteiger partial charge in [-0.25, -0.2) is 4.90 Å². The molecule has 0 saturated carbocycles.